The molecule has 1 rings (SSSR count). The summed E-state index contributed by atoms with van der Waals surface area (Å²) in [5, 5.41) is 0. The van der Waals surface area contributed by atoms with Gasteiger partial charge in [-0.25, -0.2) is 0 Å². The molecule has 1 amide bonds. The van der Waals surface area contributed by atoms with E-state index < -0.39 is 0 Å². The van der Waals surface area contributed by atoms with E-state index in [1.807, 2.05) is 20.8 Å². The highest BCUT2D eigenvalue weighted by molar-refractivity contribution is 5.84. The first-order valence-electron chi connectivity index (χ1n) is 8.38. The van der Waals surface area contributed by atoms with E-state index in [4.69, 9.17) is 9.47 Å². The average molecular weight is 335 g/mol. The summed E-state index contributed by atoms with van der Waals surface area (Å²) in [6.45, 7) is 9.17. The predicted octanol–water partition coefficient (Wildman–Crippen LogP) is 2.58. The number of rotatable bonds is 9. The van der Waals surface area contributed by atoms with Gasteiger partial charge in [0.2, 0.25) is 5.91 Å². The Hall–Kier alpha value is -1.88. The van der Waals surface area contributed by atoms with E-state index in [-0.39, 0.29) is 18.4 Å². The van der Waals surface area contributed by atoms with Gasteiger partial charge in [0, 0.05) is 20.3 Å². The van der Waals surface area contributed by atoms with Crippen LogP contribution in [0.25, 0.3) is 0 Å². The number of carbonyl (C=O) groups excluding carboxylic acids is 2. The standard InChI is InChI=1S/C19H29NO4/c1-6-24-19(22)13-20(8-7-9-23-5)18(21)12-17-15(3)10-14(2)11-16(17)4/h10-11H,6-9,12-13H2,1-5H3. The lowest BCUT2D eigenvalue weighted by molar-refractivity contribution is -0.148. The van der Waals surface area contributed by atoms with Gasteiger partial charge in [0.1, 0.15) is 6.54 Å². The van der Waals surface area contributed by atoms with E-state index in [9.17, 15) is 9.59 Å². The molecule has 0 N–H and O–H groups in total. The lowest BCUT2D eigenvalue weighted by atomic mass is 9.97. The SMILES string of the molecule is CCOC(=O)CN(CCCOC)C(=O)Cc1c(C)cc(C)cc1C. The van der Waals surface area contributed by atoms with E-state index in [1.54, 1.807) is 18.9 Å². The minimum Gasteiger partial charge on any atom is -0.465 e. The second kappa shape index (κ2) is 10.1. The van der Waals surface area contributed by atoms with Crippen LogP contribution in [0, 0.1) is 20.8 Å². The molecule has 0 aliphatic rings. The van der Waals surface area contributed by atoms with Crippen molar-refractivity contribution in [2.24, 2.45) is 0 Å². The molecule has 5 nitrogen and oxygen atoms in total. The van der Waals surface area contributed by atoms with Crippen molar-refractivity contribution in [3.63, 3.8) is 0 Å². The molecule has 0 atom stereocenters. The van der Waals surface area contributed by atoms with Crippen molar-refractivity contribution in [2.75, 3.05) is 33.4 Å². The lowest BCUT2D eigenvalue weighted by Crippen LogP contribution is -2.38. The molecule has 5 heteroatoms. The van der Waals surface area contributed by atoms with E-state index in [2.05, 4.69) is 12.1 Å². The Morgan fingerprint density at radius 1 is 1.12 bits per heavy atom. The number of hydrogen-bond acceptors (Lipinski definition) is 4. The number of carbonyl (C=O) groups is 2. The van der Waals surface area contributed by atoms with Crippen LogP contribution >= 0.6 is 0 Å². The molecule has 134 valence electrons. The summed E-state index contributed by atoms with van der Waals surface area (Å²) in [7, 11) is 1.62. The highest BCUT2D eigenvalue weighted by Crippen LogP contribution is 2.18. The molecule has 0 aliphatic carbocycles. The Morgan fingerprint density at radius 3 is 2.29 bits per heavy atom. The van der Waals surface area contributed by atoms with Crippen molar-refractivity contribution in [2.45, 2.75) is 40.5 Å². The highest BCUT2D eigenvalue weighted by Gasteiger charge is 2.19. The average Bonchev–Trinajstić information content (AvgIpc) is 2.50. The molecule has 0 fully saturated rings. The molecule has 0 aromatic heterocycles. The summed E-state index contributed by atoms with van der Waals surface area (Å²) >= 11 is 0. The maximum absolute atomic E-state index is 12.7. The third-order valence-corrected chi connectivity index (χ3v) is 3.92. The number of ether oxygens (including phenoxy) is 2. The van der Waals surface area contributed by atoms with Crippen LogP contribution in [0.15, 0.2) is 12.1 Å². The Morgan fingerprint density at radius 2 is 1.75 bits per heavy atom. The van der Waals surface area contributed by atoms with E-state index in [0.29, 0.717) is 32.6 Å². The zero-order chi connectivity index (χ0) is 18.1. The molecule has 0 saturated heterocycles. The fourth-order valence-electron chi connectivity index (χ4n) is 2.81. The van der Waals surface area contributed by atoms with Crippen molar-refractivity contribution in [1.82, 2.24) is 4.90 Å². The molecule has 24 heavy (non-hydrogen) atoms. The van der Waals surface area contributed by atoms with Gasteiger partial charge in [0.25, 0.3) is 0 Å². The van der Waals surface area contributed by atoms with Gasteiger partial charge in [0.15, 0.2) is 0 Å². The van der Waals surface area contributed by atoms with Crippen LogP contribution in [0.2, 0.25) is 0 Å². The fraction of sp³-hybridized carbons (Fsp3) is 0.579. The van der Waals surface area contributed by atoms with Crippen LogP contribution in [-0.2, 0) is 25.5 Å². The molecule has 0 unspecified atom stereocenters. The van der Waals surface area contributed by atoms with Crippen molar-refractivity contribution in [3.05, 3.63) is 34.4 Å². The van der Waals surface area contributed by atoms with E-state index in [1.165, 1.54) is 5.56 Å². The number of nitrogens with zero attached hydrogens (tertiary/aromatic N) is 1. The second-order valence-electron chi connectivity index (χ2n) is 6.02. The second-order valence-corrected chi connectivity index (χ2v) is 6.02. The number of benzene rings is 1. The largest absolute Gasteiger partial charge is 0.465 e. The van der Waals surface area contributed by atoms with Crippen molar-refractivity contribution < 1.29 is 19.1 Å². The third-order valence-electron chi connectivity index (χ3n) is 3.92. The molecule has 0 bridgehead atoms. The van der Waals surface area contributed by atoms with Gasteiger partial charge in [-0.3, -0.25) is 9.59 Å². The predicted molar refractivity (Wildman–Crippen MR) is 94.1 cm³/mol. The van der Waals surface area contributed by atoms with Gasteiger partial charge in [-0.2, -0.15) is 0 Å². The van der Waals surface area contributed by atoms with Crippen LogP contribution in [0.4, 0.5) is 0 Å². The van der Waals surface area contributed by atoms with Crippen LogP contribution in [0.1, 0.15) is 35.6 Å². The first-order chi connectivity index (χ1) is 11.4. The summed E-state index contributed by atoms with van der Waals surface area (Å²) in [6, 6.07) is 4.16. The molecule has 1 aromatic carbocycles. The quantitative estimate of drug-likeness (QED) is 0.514. The first kappa shape index (κ1) is 20.2. The topological polar surface area (TPSA) is 55.8 Å². The number of esters is 1. The summed E-state index contributed by atoms with van der Waals surface area (Å²) in [5.74, 6) is -0.435. The normalized spacial score (nSPS) is 10.5. The van der Waals surface area contributed by atoms with Gasteiger partial charge in [-0.15, -0.1) is 0 Å². The van der Waals surface area contributed by atoms with Gasteiger partial charge in [-0.05, 0) is 50.8 Å². The maximum atomic E-state index is 12.7. The molecular weight excluding hydrogens is 306 g/mol. The summed E-state index contributed by atoms with van der Waals surface area (Å²) in [4.78, 5) is 26.1. The monoisotopic (exact) mass is 335 g/mol. The molecule has 1 aromatic rings. The molecule has 0 spiro atoms. The van der Waals surface area contributed by atoms with Crippen molar-refractivity contribution >= 4 is 11.9 Å². The van der Waals surface area contributed by atoms with Crippen LogP contribution in [0.5, 0.6) is 0 Å². The maximum Gasteiger partial charge on any atom is 0.325 e. The summed E-state index contributed by atoms with van der Waals surface area (Å²) < 4.78 is 10.0. The number of aryl methyl sites for hydroxylation is 3. The van der Waals surface area contributed by atoms with Gasteiger partial charge >= 0.3 is 5.97 Å². The molecule has 0 saturated carbocycles. The smallest absolute Gasteiger partial charge is 0.325 e. The third kappa shape index (κ3) is 6.32. The Labute approximate surface area is 144 Å². The number of methoxy groups -OCH3 is 1. The minimum atomic E-state index is -0.374. The van der Waals surface area contributed by atoms with E-state index in [0.717, 1.165) is 16.7 Å². The first-order valence-corrected chi connectivity index (χ1v) is 8.38. The van der Waals surface area contributed by atoms with Gasteiger partial charge < -0.3 is 14.4 Å². The zero-order valence-electron chi connectivity index (χ0n) is 15.5. The molecule has 0 heterocycles. The Balaban J connectivity index is 2.84. The Bertz CT molecular complexity index is 545. The Kier molecular flexibility index (Phi) is 8.47. The zero-order valence-corrected chi connectivity index (χ0v) is 15.5. The number of hydrogen-bond donors (Lipinski definition) is 0. The molecular formula is C19H29NO4. The molecule has 0 radical (unpaired) electrons. The van der Waals surface area contributed by atoms with Crippen LogP contribution in [0.3, 0.4) is 0 Å². The fourth-order valence-corrected chi connectivity index (χ4v) is 2.81. The molecule has 0 aliphatic heterocycles. The lowest BCUT2D eigenvalue weighted by Gasteiger charge is -2.23. The highest BCUT2D eigenvalue weighted by atomic mass is 16.5. The van der Waals surface area contributed by atoms with Crippen molar-refractivity contribution in [1.29, 1.82) is 0 Å². The number of amides is 1. The van der Waals surface area contributed by atoms with Gasteiger partial charge in [-0.1, -0.05) is 17.7 Å². The summed E-state index contributed by atoms with van der Waals surface area (Å²) in [5.41, 5.74) is 4.43. The van der Waals surface area contributed by atoms with Gasteiger partial charge in [0.05, 0.1) is 13.0 Å². The summed E-state index contributed by atoms with van der Waals surface area (Å²) in [6.07, 6.45) is 0.984. The van der Waals surface area contributed by atoms with Crippen molar-refractivity contribution in [3.8, 4) is 0 Å². The van der Waals surface area contributed by atoms with Crippen LogP contribution in [-0.4, -0.2) is 50.2 Å². The van der Waals surface area contributed by atoms with E-state index >= 15 is 0 Å². The minimum absolute atomic E-state index is 0.0135. The van der Waals surface area contributed by atoms with Crippen LogP contribution < -0.4 is 0 Å².